The lowest BCUT2D eigenvalue weighted by Crippen LogP contribution is -2.42. The van der Waals surface area contributed by atoms with Crippen LogP contribution in [-0.2, 0) is 20.5 Å². The number of rotatable bonds is 7. The van der Waals surface area contributed by atoms with E-state index in [1.165, 1.54) is 14.0 Å². The predicted octanol–water partition coefficient (Wildman–Crippen LogP) is 3.31. The molecule has 0 saturated carbocycles. The van der Waals surface area contributed by atoms with E-state index in [2.05, 4.69) is 14.5 Å². The Morgan fingerprint density at radius 3 is 2.46 bits per heavy atom. The SMILES string of the molecule is CCC(C(C)=O)(c1ccc(Cl)cc1)n1ncc2c(NS(=O)(=O)NC)cccc21. The standard InChI is InChI=1S/C19H21ClN4O3S/c1-4-19(13(2)25,14-8-10-15(20)11-9-14)24-18-7-5-6-17(16(18)12-22-24)23-28(26,27)21-3/h5-12,21,23H,4H2,1-3H3. The van der Waals surface area contributed by atoms with Crippen molar-refractivity contribution in [1.82, 2.24) is 14.5 Å². The van der Waals surface area contributed by atoms with Gasteiger partial charge in [-0.3, -0.25) is 9.52 Å². The van der Waals surface area contributed by atoms with Gasteiger partial charge in [-0.2, -0.15) is 13.5 Å². The summed E-state index contributed by atoms with van der Waals surface area (Å²) in [5.41, 5.74) is 0.747. The third-order valence-electron chi connectivity index (χ3n) is 4.90. The van der Waals surface area contributed by atoms with Crippen molar-refractivity contribution in [2.24, 2.45) is 0 Å². The molecule has 0 aliphatic heterocycles. The highest BCUT2D eigenvalue weighted by atomic mass is 35.5. The monoisotopic (exact) mass is 420 g/mol. The van der Waals surface area contributed by atoms with E-state index in [9.17, 15) is 13.2 Å². The molecule has 1 aromatic heterocycles. The normalized spacial score (nSPS) is 14.0. The summed E-state index contributed by atoms with van der Waals surface area (Å²) in [4.78, 5) is 12.9. The molecule has 0 aliphatic rings. The lowest BCUT2D eigenvalue weighted by atomic mass is 9.83. The number of carbonyl (C=O) groups is 1. The average molecular weight is 421 g/mol. The topological polar surface area (TPSA) is 93.1 Å². The van der Waals surface area contributed by atoms with Gasteiger partial charge in [0.05, 0.1) is 17.4 Å². The predicted molar refractivity (Wildman–Crippen MR) is 111 cm³/mol. The van der Waals surface area contributed by atoms with Gasteiger partial charge in [0, 0.05) is 17.5 Å². The molecule has 2 N–H and O–H groups in total. The van der Waals surface area contributed by atoms with Crippen LogP contribution < -0.4 is 9.44 Å². The summed E-state index contributed by atoms with van der Waals surface area (Å²) < 4.78 is 30.2. The Kier molecular flexibility index (Phi) is 5.47. The Bertz CT molecular complexity index is 1130. The molecule has 9 heteroatoms. The minimum absolute atomic E-state index is 0.0801. The number of nitrogens with zero attached hydrogens (tertiary/aromatic N) is 2. The number of aromatic nitrogens is 2. The number of hydrogen-bond acceptors (Lipinski definition) is 4. The van der Waals surface area contributed by atoms with Gasteiger partial charge >= 0.3 is 0 Å². The summed E-state index contributed by atoms with van der Waals surface area (Å²) in [6, 6.07) is 12.3. The van der Waals surface area contributed by atoms with Crippen LogP contribution in [0.3, 0.4) is 0 Å². The Hall–Kier alpha value is -2.42. The largest absolute Gasteiger partial charge is 0.298 e. The van der Waals surface area contributed by atoms with Crippen LogP contribution in [0.5, 0.6) is 0 Å². The van der Waals surface area contributed by atoms with Crippen LogP contribution in [0.1, 0.15) is 25.8 Å². The van der Waals surface area contributed by atoms with Crippen LogP contribution in [0.2, 0.25) is 5.02 Å². The minimum atomic E-state index is -3.69. The van der Waals surface area contributed by atoms with Crippen molar-refractivity contribution in [3.05, 3.63) is 59.2 Å². The van der Waals surface area contributed by atoms with Gasteiger partial charge in [-0.25, -0.2) is 9.40 Å². The molecule has 0 fully saturated rings. The molecule has 2 aromatic carbocycles. The number of fused-ring (bicyclic) bond motifs is 1. The zero-order chi connectivity index (χ0) is 20.5. The number of Topliss-reactive ketones (excluding diaryl/α,β-unsaturated/α-hetero) is 1. The first-order valence-electron chi connectivity index (χ1n) is 8.70. The molecule has 1 unspecified atom stereocenters. The van der Waals surface area contributed by atoms with E-state index in [0.717, 1.165) is 5.56 Å². The highest BCUT2D eigenvalue weighted by molar-refractivity contribution is 7.90. The Morgan fingerprint density at radius 2 is 1.89 bits per heavy atom. The lowest BCUT2D eigenvalue weighted by molar-refractivity contribution is -0.124. The number of anilines is 1. The number of nitrogens with one attached hydrogen (secondary N) is 2. The van der Waals surface area contributed by atoms with E-state index in [1.54, 1.807) is 35.1 Å². The maximum absolute atomic E-state index is 12.9. The molecule has 1 heterocycles. The van der Waals surface area contributed by atoms with Crippen LogP contribution in [0, 0.1) is 0 Å². The maximum atomic E-state index is 12.9. The van der Waals surface area contributed by atoms with Crippen molar-refractivity contribution in [2.75, 3.05) is 11.8 Å². The second kappa shape index (κ2) is 7.54. The van der Waals surface area contributed by atoms with Gasteiger partial charge in [-0.1, -0.05) is 36.7 Å². The number of hydrogen-bond donors (Lipinski definition) is 2. The zero-order valence-electron chi connectivity index (χ0n) is 15.7. The van der Waals surface area contributed by atoms with Gasteiger partial charge in [-0.05, 0) is 43.2 Å². The summed E-state index contributed by atoms with van der Waals surface area (Å²) >= 11 is 6.02. The molecule has 0 amide bonds. The number of ketones is 1. The first-order chi connectivity index (χ1) is 13.2. The van der Waals surface area contributed by atoms with Gasteiger partial charge in [0.1, 0.15) is 5.54 Å². The van der Waals surface area contributed by atoms with Crippen LogP contribution in [0.15, 0.2) is 48.7 Å². The van der Waals surface area contributed by atoms with E-state index in [1.807, 2.05) is 25.1 Å². The highest BCUT2D eigenvalue weighted by Gasteiger charge is 2.39. The van der Waals surface area contributed by atoms with E-state index in [0.29, 0.717) is 28.0 Å². The molecule has 148 valence electrons. The molecule has 7 nitrogen and oxygen atoms in total. The smallest absolute Gasteiger partial charge is 0.297 e. The highest BCUT2D eigenvalue weighted by Crippen LogP contribution is 2.36. The molecule has 3 aromatic rings. The summed E-state index contributed by atoms with van der Waals surface area (Å²) in [5.74, 6) is -0.0801. The summed E-state index contributed by atoms with van der Waals surface area (Å²) in [7, 11) is -2.36. The molecule has 28 heavy (non-hydrogen) atoms. The van der Waals surface area contributed by atoms with E-state index in [-0.39, 0.29) is 5.78 Å². The lowest BCUT2D eigenvalue weighted by Gasteiger charge is -2.32. The average Bonchev–Trinajstić information content (AvgIpc) is 3.09. The molecule has 0 bridgehead atoms. The van der Waals surface area contributed by atoms with E-state index >= 15 is 0 Å². The Balaban J connectivity index is 2.25. The van der Waals surface area contributed by atoms with Crippen LogP contribution in [-0.4, -0.2) is 31.0 Å². The minimum Gasteiger partial charge on any atom is -0.297 e. The number of halogens is 1. The fourth-order valence-corrected chi connectivity index (χ4v) is 4.14. The first kappa shape index (κ1) is 20.3. The second-order valence-electron chi connectivity index (χ2n) is 6.38. The van der Waals surface area contributed by atoms with Gasteiger partial charge in [0.15, 0.2) is 5.78 Å². The van der Waals surface area contributed by atoms with Crippen LogP contribution in [0.25, 0.3) is 10.9 Å². The van der Waals surface area contributed by atoms with Gasteiger partial charge in [0.25, 0.3) is 10.2 Å². The van der Waals surface area contributed by atoms with Crippen molar-refractivity contribution < 1.29 is 13.2 Å². The molecule has 0 aliphatic carbocycles. The Morgan fingerprint density at radius 1 is 1.21 bits per heavy atom. The van der Waals surface area contributed by atoms with Crippen LogP contribution in [0.4, 0.5) is 5.69 Å². The molecule has 0 spiro atoms. The summed E-state index contributed by atoms with van der Waals surface area (Å²) in [6.45, 7) is 3.44. The third kappa shape index (κ3) is 3.39. The zero-order valence-corrected chi connectivity index (χ0v) is 17.3. The number of carbonyl (C=O) groups excluding carboxylic acids is 1. The molecular formula is C19H21ClN4O3S. The molecule has 3 rings (SSSR count). The Labute approximate surface area is 168 Å². The molecule has 0 radical (unpaired) electrons. The van der Waals surface area contributed by atoms with Crippen molar-refractivity contribution in [3.63, 3.8) is 0 Å². The fraction of sp³-hybridized carbons (Fsp3) is 0.263. The molecular weight excluding hydrogens is 400 g/mol. The van der Waals surface area contributed by atoms with Crippen molar-refractivity contribution >= 4 is 44.2 Å². The first-order valence-corrected chi connectivity index (χ1v) is 10.6. The molecule has 1 atom stereocenters. The second-order valence-corrected chi connectivity index (χ2v) is 8.44. The number of benzene rings is 2. The molecule has 0 saturated heterocycles. The van der Waals surface area contributed by atoms with Crippen molar-refractivity contribution in [3.8, 4) is 0 Å². The van der Waals surface area contributed by atoms with Crippen molar-refractivity contribution in [2.45, 2.75) is 25.8 Å². The quantitative estimate of drug-likeness (QED) is 0.613. The van der Waals surface area contributed by atoms with Gasteiger partial charge in [-0.15, -0.1) is 0 Å². The third-order valence-corrected chi connectivity index (χ3v) is 6.18. The van der Waals surface area contributed by atoms with E-state index in [4.69, 9.17) is 11.6 Å². The maximum Gasteiger partial charge on any atom is 0.298 e. The summed E-state index contributed by atoms with van der Waals surface area (Å²) in [5, 5.41) is 5.65. The van der Waals surface area contributed by atoms with E-state index < -0.39 is 15.7 Å². The van der Waals surface area contributed by atoms with Gasteiger partial charge in [0.2, 0.25) is 0 Å². The van der Waals surface area contributed by atoms with Gasteiger partial charge < -0.3 is 0 Å². The summed E-state index contributed by atoms with van der Waals surface area (Å²) in [6.07, 6.45) is 2.03. The van der Waals surface area contributed by atoms with Crippen LogP contribution >= 0.6 is 11.6 Å². The fourth-order valence-electron chi connectivity index (χ4n) is 3.44. The van der Waals surface area contributed by atoms with Crippen molar-refractivity contribution in [1.29, 1.82) is 0 Å².